The predicted molar refractivity (Wildman–Crippen MR) is 87.3 cm³/mol. The molecule has 0 amide bonds. The van der Waals surface area contributed by atoms with Gasteiger partial charge >= 0.3 is 0 Å². The van der Waals surface area contributed by atoms with Crippen LogP contribution >= 0.6 is 0 Å². The van der Waals surface area contributed by atoms with E-state index in [0.717, 1.165) is 49.4 Å². The molecule has 2 unspecified atom stereocenters. The molecule has 0 heterocycles. The lowest BCUT2D eigenvalue weighted by atomic mass is 9.47. The molecule has 4 saturated carbocycles. The van der Waals surface area contributed by atoms with E-state index in [4.69, 9.17) is 0 Å². The maximum Gasteiger partial charge on any atom is 0.133 e. The third kappa shape index (κ3) is 1.92. The number of carbonyl (C=O) groups is 1. The van der Waals surface area contributed by atoms with Gasteiger partial charge in [0.25, 0.3) is 0 Å². The van der Waals surface area contributed by atoms with Crippen molar-refractivity contribution in [2.45, 2.75) is 77.7 Å². The minimum absolute atomic E-state index is 0.125. The molecule has 124 valence electrons. The molecule has 0 bridgehead atoms. The van der Waals surface area contributed by atoms with Gasteiger partial charge in [0.1, 0.15) is 5.78 Å². The Hall–Kier alpha value is -0.370. The standard InChI is InChI=1S/C20H32O2/c1-12-10-13-11-14(21)4-5-15(13)16-6-8-19(2)17(18(12)16)7-9-20(19,3)22/h12-13,15-18,22H,4-11H2,1-3H3/t12?,13?,15-,16+,17-,18+,19-,20-/m0/s1. The molecule has 0 radical (unpaired) electrons. The first-order valence-electron chi connectivity index (χ1n) is 9.57. The number of aliphatic hydroxyl groups is 1. The maximum absolute atomic E-state index is 11.9. The number of hydrogen-bond acceptors (Lipinski definition) is 2. The Labute approximate surface area is 135 Å². The number of ketones is 1. The molecule has 22 heavy (non-hydrogen) atoms. The average Bonchev–Trinajstić information content (AvgIpc) is 2.69. The van der Waals surface area contributed by atoms with Gasteiger partial charge in [-0.2, -0.15) is 0 Å². The van der Waals surface area contributed by atoms with Gasteiger partial charge in [0.05, 0.1) is 5.60 Å². The van der Waals surface area contributed by atoms with Gasteiger partial charge in [-0.25, -0.2) is 0 Å². The largest absolute Gasteiger partial charge is 0.390 e. The molecule has 0 aromatic carbocycles. The highest BCUT2D eigenvalue weighted by Gasteiger charge is 2.62. The van der Waals surface area contributed by atoms with E-state index in [-0.39, 0.29) is 5.41 Å². The molecule has 2 heteroatoms. The fourth-order valence-corrected chi connectivity index (χ4v) is 7.35. The van der Waals surface area contributed by atoms with Crippen molar-refractivity contribution < 1.29 is 9.90 Å². The Morgan fingerprint density at radius 1 is 1.09 bits per heavy atom. The summed E-state index contributed by atoms with van der Waals surface area (Å²) in [4.78, 5) is 11.9. The Kier molecular flexibility index (Phi) is 3.32. The van der Waals surface area contributed by atoms with Gasteiger partial charge in [-0.15, -0.1) is 0 Å². The molecule has 0 aliphatic heterocycles. The number of fused-ring (bicyclic) bond motifs is 5. The van der Waals surface area contributed by atoms with E-state index in [0.29, 0.717) is 17.6 Å². The summed E-state index contributed by atoms with van der Waals surface area (Å²) in [5.74, 6) is 5.04. The Morgan fingerprint density at radius 2 is 1.86 bits per heavy atom. The molecule has 8 atom stereocenters. The van der Waals surface area contributed by atoms with Crippen molar-refractivity contribution in [1.82, 2.24) is 0 Å². The second-order valence-corrected chi connectivity index (χ2v) is 9.53. The van der Waals surface area contributed by atoms with E-state index < -0.39 is 5.60 Å². The van der Waals surface area contributed by atoms with Crippen molar-refractivity contribution in [3.05, 3.63) is 0 Å². The van der Waals surface area contributed by atoms with Crippen LogP contribution in [0.4, 0.5) is 0 Å². The van der Waals surface area contributed by atoms with E-state index >= 15 is 0 Å². The molecule has 1 N–H and O–H groups in total. The summed E-state index contributed by atoms with van der Waals surface area (Å²) in [6.45, 7) is 6.89. The Balaban J connectivity index is 1.64. The highest BCUT2D eigenvalue weighted by molar-refractivity contribution is 5.79. The predicted octanol–water partition coefficient (Wildman–Crippen LogP) is 4.21. The number of hydrogen-bond donors (Lipinski definition) is 1. The average molecular weight is 304 g/mol. The summed E-state index contributed by atoms with van der Waals surface area (Å²) < 4.78 is 0. The summed E-state index contributed by atoms with van der Waals surface area (Å²) in [5.41, 5.74) is -0.346. The number of rotatable bonds is 0. The Morgan fingerprint density at radius 3 is 2.64 bits per heavy atom. The van der Waals surface area contributed by atoms with Crippen LogP contribution in [-0.2, 0) is 4.79 Å². The second-order valence-electron chi connectivity index (χ2n) is 9.53. The first kappa shape index (κ1) is 15.2. The first-order chi connectivity index (χ1) is 10.3. The van der Waals surface area contributed by atoms with Gasteiger partial charge in [-0.3, -0.25) is 4.79 Å². The normalized spacial score (nSPS) is 57.9. The maximum atomic E-state index is 11.9. The van der Waals surface area contributed by atoms with Gasteiger partial charge in [-0.05, 0) is 86.4 Å². The topological polar surface area (TPSA) is 37.3 Å². The van der Waals surface area contributed by atoms with Crippen LogP contribution in [0.5, 0.6) is 0 Å². The molecule has 4 aliphatic carbocycles. The summed E-state index contributed by atoms with van der Waals surface area (Å²) in [6.07, 6.45) is 8.77. The zero-order valence-electron chi connectivity index (χ0n) is 14.5. The van der Waals surface area contributed by atoms with Gasteiger partial charge in [0.15, 0.2) is 0 Å². The molecule has 0 aromatic heterocycles. The minimum Gasteiger partial charge on any atom is -0.390 e. The summed E-state index contributed by atoms with van der Waals surface area (Å²) in [5, 5.41) is 10.9. The fourth-order valence-electron chi connectivity index (χ4n) is 7.35. The van der Waals surface area contributed by atoms with Gasteiger partial charge in [0.2, 0.25) is 0 Å². The van der Waals surface area contributed by atoms with Crippen LogP contribution in [-0.4, -0.2) is 16.5 Å². The minimum atomic E-state index is -0.470. The van der Waals surface area contributed by atoms with Crippen LogP contribution in [0.15, 0.2) is 0 Å². The van der Waals surface area contributed by atoms with Crippen molar-refractivity contribution in [3.8, 4) is 0 Å². The monoisotopic (exact) mass is 304 g/mol. The quantitative estimate of drug-likeness (QED) is 0.728. The second kappa shape index (κ2) is 4.82. The van der Waals surface area contributed by atoms with Crippen LogP contribution in [0.2, 0.25) is 0 Å². The summed E-state index contributed by atoms with van der Waals surface area (Å²) in [7, 11) is 0. The smallest absolute Gasteiger partial charge is 0.133 e. The van der Waals surface area contributed by atoms with Crippen molar-refractivity contribution >= 4 is 5.78 Å². The van der Waals surface area contributed by atoms with Crippen molar-refractivity contribution in [2.24, 2.45) is 40.9 Å². The molecule has 4 fully saturated rings. The van der Waals surface area contributed by atoms with E-state index in [1.54, 1.807) is 0 Å². The zero-order valence-corrected chi connectivity index (χ0v) is 14.5. The van der Waals surface area contributed by atoms with E-state index in [2.05, 4.69) is 20.8 Å². The molecule has 4 rings (SSSR count). The molecule has 2 nitrogen and oxygen atoms in total. The number of Topliss-reactive ketones (excluding diaryl/α,β-unsaturated/α-hetero) is 1. The molecule has 0 saturated heterocycles. The lowest BCUT2D eigenvalue weighted by Gasteiger charge is -2.58. The molecule has 0 spiro atoms. The van der Waals surface area contributed by atoms with Crippen molar-refractivity contribution in [2.75, 3.05) is 0 Å². The van der Waals surface area contributed by atoms with Crippen LogP contribution < -0.4 is 0 Å². The fraction of sp³-hybridized carbons (Fsp3) is 0.950. The van der Waals surface area contributed by atoms with Crippen molar-refractivity contribution in [3.63, 3.8) is 0 Å². The SMILES string of the molecule is CC1CC2CC(=O)CC[C@@H]2[C@H]2CC[C@@]3(C)[C@@H](CC[C@]3(C)O)[C@H]12. The van der Waals surface area contributed by atoms with E-state index in [1.807, 2.05) is 0 Å². The highest BCUT2D eigenvalue weighted by Crippen LogP contribution is 2.66. The van der Waals surface area contributed by atoms with Gasteiger partial charge in [0, 0.05) is 12.8 Å². The first-order valence-corrected chi connectivity index (χ1v) is 9.57. The van der Waals surface area contributed by atoms with Gasteiger partial charge in [-0.1, -0.05) is 13.8 Å². The molecular formula is C20H32O2. The van der Waals surface area contributed by atoms with E-state index in [9.17, 15) is 9.90 Å². The molecule has 0 aromatic rings. The number of carbonyl (C=O) groups excluding carboxylic acids is 1. The van der Waals surface area contributed by atoms with Crippen LogP contribution in [0.1, 0.15) is 72.1 Å². The van der Waals surface area contributed by atoms with Crippen LogP contribution in [0.25, 0.3) is 0 Å². The molecule has 4 aliphatic rings. The summed E-state index contributed by atoms with van der Waals surface area (Å²) >= 11 is 0. The lowest BCUT2D eigenvalue weighted by Crippen LogP contribution is -2.54. The highest BCUT2D eigenvalue weighted by atomic mass is 16.3. The van der Waals surface area contributed by atoms with E-state index in [1.165, 1.54) is 25.7 Å². The van der Waals surface area contributed by atoms with Gasteiger partial charge < -0.3 is 5.11 Å². The van der Waals surface area contributed by atoms with Crippen LogP contribution in [0, 0.1) is 40.9 Å². The summed E-state index contributed by atoms with van der Waals surface area (Å²) in [6, 6.07) is 0. The molecular weight excluding hydrogens is 272 g/mol. The lowest BCUT2D eigenvalue weighted by molar-refractivity contribution is -0.143. The third-order valence-electron chi connectivity index (χ3n) is 8.68. The Bertz CT molecular complexity index is 482. The van der Waals surface area contributed by atoms with Crippen molar-refractivity contribution in [1.29, 1.82) is 0 Å². The third-order valence-corrected chi connectivity index (χ3v) is 8.68. The zero-order chi connectivity index (χ0) is 15.7. The van der Waals surface area contributed by atoms with Crippen LogP contribution in [0.3, 0.4) is 0 Å².